The molecule has 3 aromatic rings. The Kier molecular flexibility index (Phi) is 2.34. The van der Waals surface area contributed by atoms with E-state index in [1.54, 1.807) is 30.2 Å². The van der Waals surface area contributed by atoms with Gasteiger partial charge in [-0.1, -0.05) is 0 Å². The van der Waals surface area contributed by atoms with Crippen LogP contribution in [0.25, 0.3) is 17.0 Å². The van der Waals surface area contributed by atoms with Crippen LogP contribution in [-0.4, -0.2) is 35.5 Å². The minimum absolute atomic E-state index is 0.0683. The van der Waals surface area contributed by atoms with Gasteiger partial charge in [0.05, 0.1) is 11.9 Å². The number of aryl methyl sites for hydroxylation is 2. The van der Waals surface area contributed by atoms with Crippen molar-refractivity contribution in [1.82, 2.24) is 24.4 Å². The van der Waals surface area contributed by atoms with Crippen molar-refractivity contribution < 1.29 is 9.90 Å². The molecule has 0 aliphatic heterocycles. The van der Waals surface area contributed by atoms with E-state index in [0.29, 0.717) is 17.0 Å². The van der Waals surface area contributed by atoms with Crippen LogP contribution in [0.5, 0.6) is 0 Å². The van der Waals surface area contributed by atoms with E-state index < -0.39 is 5.97 Å². The van der Waals surface area contributed by atoms with Crippen LogP contribution < -0.4 is 0 Å². The second kappa shape index (κ2) is 3.91. The second-order valence-corrected chi connectivity index (χ2v) is 4.27. The molecular weight excluding hydrogens is 246 g/mol. The predicted molar refractivity (Wildman–Crippen MR) is 66.9 cm³/mol. The Hall–Kier alpha value is -2.70. The van der Waals surface area contributed by atoms with Gasteiger partial charge in [0.2, 0.25) is 0 Å². The van der Waals surface area contributed by atoms with Crippen LogP contribution in [0, 0.1) is 6.92 Å². The Morgan fingerprint density at radius 1 is 1.37 bits per heavy atom. The first-order valence-electron chi connectivity index (χ1n) is 5.65. The molecule has 0 fully saturated rings. The monoisotopic (exact) mass is 257 g/mol. The fraction of sp³-hybridized carbons (Fsp3) is 0.167. The van der Waals surface area contributed by atoms with Gasteiger partial charge < -0.3 is 5.11 Å². The van der Waals surface area contributed by atoms with Crippen molar-refractivity contribution in [3.05, 3.63) is 35.8 Å². The molecule has 0 amide bonds. The highest BCUT2D eigenvalue weighted by atomic mass is 16.4. The summed E-state index contributed by atoms with van der Waals surface area (Å²) in [4.78, 5) is 15.7. The highest BCUT2D eigenvalue weighted by molar-refractivity contribution is 5.88. The van der Waals surface area contributed by atoms with Gasteiger partial charge in [0.1, 0.15) is 5.69 Å². The standard InChI is InChI=1S/C12H11N5O2/c1-7-6-13-17-10(12(18)19)5-9(14-11(7)17)8-3-4-16(2)15-8/h3-6H,1-2H3,(H,18,19). The summed E-state index contributed by atoms with van der Waals surface area (Å²) in [5.41, 5.74) is 2.57. The zero-order valence-corrected chi connectivity index (χ0v) is 10.4. The van der Waals surface area contributed by atoms with Crippen LogP contribution in [0.3, 0.4) is 0 Å². The lowest BCUT2D eigenvalue weighted by Crippen LogP contribution is -2.08. The quantitative estimate of drug-likeness (QED) is 0.744. The van der Waals surface area contributed by atoms with Crippen LogP contribution in [0.4, 0.5) is 0 Å². The van der Waals surface area contributed by atoms with Gasteiger partial charge in [-0.25, -0.2) is 14.3 Å². The third-order valence-electron chi connectivity index (χ3n) is 2.84. The van der Waals surface area contributed by atoms with E-state index >= 15 is 0 Å². The normalized spacial score (nSPS) is 11.1. The molecule has 0 aromatic carbocycles. The van der Waals surface area contributed by atoms with Crippen molar-refractivity contribution in [2.45, 2.75) is 6.92 Å². The van der Waals surface area contributed by atoms with Gasteiger partial charge >= 0.3 is 5.97 Å². The van der Waals surface area contributed by atoms with Crippen molar-refractivity contribution >= 4 is 11.6 Å². The molecular formula is C12H11N5O2. The van der Waals surface area contributed by atoms with Gasteiger partial charge in [0, 0.05) is 18.8 Å². The van der Waals surface area contributed by atoms with Gasteiger partial charge in [0.15, 0.2) is 11.3 Å². The molecule has 0 atom stereocenters. The summed E-state index contributed by atoms with van der Waals surface area (Å²) >= 11 is 0. The number of rotatable bonds is 2. The van der Waals surface area contributed by atoms with E-state index in [9.17, 15) is 9.90 Å². The number of carbonyl (C=O) groups is 1. The summed E-state index contributed by atoms with van der Waals surface area (Å²) in [6, 6.07) is 3.26. The third kappa shape index (κ3) is 1.75. The number of aromatic nitrogens is 5. The third-order valence-corrected chi connectivity index (χ3v) is 2.84. The van der Waals surface area contributed by atoms with E-state index in [1.807, 2.05) is 6.92 Å². The Labute approximate surface area is 108 Å². The molecule has 3 aromatic heterocycles. The maximum Gasteiger partial charge on any atom is 0.354 e. The average Bonchev–Trinajstić information content (AvgIpc) is 2.95. The highest BCUT2D eigenvalue weighted by Crippen LogP contribution is 2.19. The SMILES string of the molecule is Cc1cnn2c(C(=O)O)cc(-c3ccn(C)n3)nc12. The Morgan fingerprint density at radius 2 is 2.16 bits per heavy atom. The summed E-state index contributed by atoms with van der Waals surface area (Å²) in [5, 5.41) is 17.5. The van der Waals surface area contributed by atoms with Crippen LogP contribution in [-0.2, 0) is 7.05 Å². The van der Waals surface area contributed by atoms with Crippen molar-refractivity contribution in [3.63, 3.8) is 0 Å². The maximum atomic E-state index is 11.3. The summed E-state index contributed by atoms with van der Waals surface area (Å²) in [7, 11) is 1.80. The molecule has 3 heterocycles. The number of carboxylic acids is 1. The summed E-state index contributed by atoms with van der Waals surface area (Å²) in [5.74, 6) is -1.05. The van der Waals surface area contributed by atoms with Crippen LogP contribution in [0.1, 0.15) is 16.1 Å². The minimum atomic E-state index is -1.05. The van der Waals surface area contributed by atoms with E-state index in [4.69, 9.17) is 0 Å². The van der Waals surface area contributed by atoms with Gasteiger partial charge in [-0.05, 0) is 19.1 Å². The molecule has 0 unspecified atom stereocenters. The first kappa shape index (κ1) is 11.4. The number of fused-ring (bicyclic) bond motifs is 1. The lowest BCUT2D eigenvalue weighted by molar-refractivity contribution is 0.0687. The molecule has 0 spiro atoms. The number of nitrogens with zero attached hydrogens (tertiary/aromatic N) is 5. The molecule has 1 N–H and O–H groups in total. The molecule has 0 aliphatic carbocycles. The minimum Gasteiger partial charge on any atom is -0.477 e. The largest absolute Gasteiger partial charge is 0.477 e. The molecule has 7 nitrogen and oxygen atoms in total. The molecule has 19 heavy (non-hydrogen) atoms. The Balaban J connectivity index is 2.32. The maximum absolute atomic E-state index is 11.3. The molecule has 0 saturated carbocycles. The zero-order chi connectivity index (χ0) is 13.6. The molecule has 96 valence electrons. The second-order valence-electron chi connectivity index (χ2n) is 4.27. The van der Waals surface area contributed by atoms with Crippen molar-refractivity contribution in [2.24, 2.45) is 7.05 Å². The smallest absolute Gasteiger partial charge is 0.354 e. The molecule has 0 bridgehead atoms. The summed E-state index contributed by atoms with van der Waals surface area (Å²) in [6.07, 6.45) is 3.38. The van der Waals surface area contributed by atoms with Crippen LogP contribution in [0.2, 0.25) is 0 Å². The molecule has 7 heteroatoms. The number of aromatic carboxylic acids is 1. The number of carboxylic acid groups (broad SMARTS) is 1. The molecule has 0 aliphatic rings. The van der Waals surface area contributed by atoms with Crippen molar-refractivity contribution in [2.75, 3.05) is 0 Å². The molecule has 3 rings (SSSR count). The zero-order valence-electron chi connectivity index (χ0n) is 10.4. The number of hydrogen-bond donors (Lipinski definition) is 1. The average molecular weight is 257 g/mol. The van der Waals surface area contributed by atoms with Gasteiger partial charge in [-0.15, -0.1) is 0 Å². The van der Waals surface area contributed by atoms with Crippen molar-refractivity contribution in [1.29, 1.82) is 0 Å². The Morgan fingerprint density at radius 3 is 2.79 bits per heavy atom. The predicted octanol–water partition coefficient (Wildman–Crippen LogP) is 1.14. The van der Waals surface area contributed by atoms with Crippen molar-refractivity contribution in [3.8, 4) is 11.4 Å². The lowest BCUT2D eigenvalue weighted by atomic mass is 10.2. The first-order valence-corrected chi connectivity index (χ1v) is 5.65. The van der Waals surface area contributed by atoms with E-state index in [0.717, 1.165) is 5.56 Å². The van der Waals surface area contributed by atoms with E-state index in [1.165, 1.54) is 10.6 Å². The first-order chi connectivity index (χ1) is 9.06. The summed E-state index contributed by atoms with van der Waals surface area (Å²) in [6.45, 7) is 1.84. The highest BCUT2D eigenvalue weighted by Gasteiger charge is 2.16. The number of hydrogen-bond acceptors (Lipinski definition) is 4. The lowest BCUT2D eigenvalue weighted by Gasteiger charge is -2.03. The van der Waals surface area contributed by atoms with Gasteiger partial charge in [-0.2, -0.15) is 10.2 Å². The fourth-order valence-electron chi connectivity index (χ4n) is 1.91. The van der Waals surface area contributed by atoms with E-state index in [-0.39, 0.29) is 5.69 Å². The summed E-state index contributed by atoms with van der Waals surface area (Å²) < 4.78 is 2.97. The van der Waals surface area contributed by atoms with Crippen LogP contribution in [0.15, 0.2) is 24.5 Å². The van der Waals surface area contributed by atoms with Crippen LogP contribution >= 0.6 is 0 Å². The topological polar surface area (TPSA) is 85.3 Å². The van der Waals surface area contributed by atoms with Gasteiger partial charge in [-0.3, -0.25) is 4.68 Å². The Bertz CT molecular complexity index is 787. The fourth-order valence-corrected chi connectivity index (χ4v) is 1.91. The van der Waals surface area contributed by atoms with E-state index in [2.05, 4.69) is 15.2 Å². The molecule has 0 saturated heterocycles. The van der Waals surface area contributed by atoms with Gasteiger partial charge in [0.25, 0.3) is 0 Å². The molecule has 0 radical (unpaired) electrons.